The lowest BCUT2D eigenvalue weighted by Crippen LogP contribution is -2.07. The standard InChI is InChI=1S/C13H15N3O2S/c1-19-7-3-6-14-13-15-8-9-4-2-5-10(12(17)18)11(9)16-13/h2,4-5,8H,3,6-7H2,1H3,(H,17,18)(H,14,15,16). The van der Waals surface area contributed by atoms with Gasteiger partial charge in [0, 0.05) is 18.1 Å². The van der Waals surface area contributed by atoms with Gasteiger partial charge in [-0.25, -0.2) is 14.8 Å². The summed E-state index contributed by atoms with van der Waals surface area (Å²) in [5.41, 5.74) is 0.671. The maximum Gasteiger partial charge on any atom is 0.337 e. The van der Waals surface area contributed by atoms with Crippen LogP contribution in [0.2, 0.25) is 0 Å². The van der Waals surface area contributed by atoms with E-state index in [1.807, 2.05) is 0 Å². The molecule has 2 N–H and O–H groups in total. The summed E-state index contributed by atoms with van der Waals surface area (Å²) in [6, 6.07) is 5.05. The van der Waals surface area contributed by atoms with Crippen molar-refractivity contribution in [1.82, 2.24) is 9.97 Å². The lowest BCUT2D eigenvalue weighted by atomic mass is 10.1. The number of hydrogen-bond donors (Lipinski definition) is 2. The highest BCUT2D eigenvalue weighted by Gasteiger charge is 2.10. The molecule has 0 aliphatic carbocycles. The van der Waals surface area contributed by atoms with Gasteiger partial charge in [-0.3, -0.25) is 0 Å². The van der Waals surface area contributed by atoms with Gasteiger partial charge >= 0.3 is 5.97 Å². The van der Waals surface area contributed by atoms with Crippen molar-refractivity contribution in [3.63, 3.8) is 0 Å². The number of carbonyl (C=O) groups is 1. The number of fused-ring (bicyclic) bond motifs is 1. The normalized spacial score (nSPS) is 10.6. The lowest BCUT2D eigenvalue weighted by molar-refractivity contribution is 0.0699. The third kappa shape index (κ3) is 3.35. The third-order valence-corrected chi connectivity index (χ3v) is 3.35. The van der Waals surface area contributed by atoms with Gasteiger partial charge in [-0.15, -0.1) is 0 Å². The first-order valence-electron chi connectivity index (χ1n) is 5.94. The van der Waals surface area contributed by atoms with Gasteiger partial charge in [0.2, 0.25) is 5.95 Å². The predicted molar refractivity (Wildman–Crippen MR) is 78.0 cm³/mol. The molecule has 0 bridgehead atoms. The Kier molecular flexibility index (Phi) is 4.57. The van der Waals surface area contributed by atoms with E-state index in [2.05, 4.69) is 21.5 Å². The number of carboxylic acids is 1. The first-order valence-corrected chi connectivity index (χ1v) is 7.33. The van der Waals surface area contributed by atoms with Gasteiger partial charge in [0.05, 0.1) is 11.1 Å². The fourth-order valence-corrected chi connectivity index (χ4v) is 2.16. The van der Waals surface area contributed by atoms with Crippen molar-refractivity contribution in [2.24, 2.45) is 0 Å². The quantitative estimate of drug-likeness (QED) is 0.790. The molecule has 0 aliphatic heterocycles. The minimum Gasteiger partial charge on any atom is -0.478 e. The highest BCUT2D eigenvalue weighted by atomic mass is 32.2. The summed E-state index contributed by atoms with van der Waals surface area (Å²) >= 11 is 1.79. The van der Waals surface area contributed by atoms with Crippen LogP contribution < -0.4 is 5.32 Å². The van der Waals surface area contributed by atoms with Crippen LogP contribution in [0.1, 0.15) is 16.8 Å². The Morgan fingerprint density at radius 2 is 2.32 bits per heavy atom. The number of nitrogens with one attached hydrogen (secondary N) is 1. The molecule has 0 unspecified atom stereocenters. The zero-order chi connectivity index (χ0) is 13.7. The van der Waals surface area contributed by atoms with Crippen LogP contribution in [0.25, 0.3) is 10.9 Å². The summed E-state index contributed by atoms with van der Waals surface area (Å²) in [4.78, 5) is 19.6. The largest absolute Gasteiger partial charge is 0.478 e. The number of hydrogen-bond acceptors (Lipinski definition) is 5. The zero-order valence-electron chi connectivity index (χ0n) is 10.6. The van der Waals surface area contributed by atoms with Gasteiger partial charge in [0.1, 0.15) is 0 Å². The highest BCUT2D eigenvalue weighted by Crippen LogP contribution is 2.17. The Labute approximate surface area is 115 Å². The van der Waals surface area contributed by atoms with Gasteiger partial charge in [-0.1, -0.05) is 12.1 Å². The fraction of sp³-hybridized carbons (Fsp3) is 0.308. The molecule has 1 aromatic heterocycles. The van der Waals surface area contributed by atoms with Crippen LogP contribution in [0.4, 0.5) is 5.95 Å². The maximum atomic E-state index is 11.1. The number of rotatable bonds is 6. The molecule has 6 heteroatoms. The molecule has 2 rings (SSSR count). The SMILES string of the molecule is CSCCCNc1ncc2cccc(C(=O)O)c2n1. The molecule has 0 saturated heterocycles. The lowest BCUT2D eigenvalue weighted by Gasteiger charge is -2.06. The van der Waals surface area contributed by atoms with Crippen molar-refractivity contribution in [2.75, 3.05) is 23.9 Å². The molecule has 0 radical (unpaired) electrons. The van der Waals surface area contributed by atoms with Crippen LogP contribution in [0.3, 0.4) is 0 Å². The van der Waals surface area contributed by atoms with Crippen LogP contribution in [0, 0.1) is 0 Å². The monoisotopic (exact) mass is 277 g/mol. The van der Waals surface area contributed by atoms with Crippen LogP contribution in [-0.2, 0) is 0 Å². The van der Waals surface area contributed by atoms with E-state index < -0.39 is 5.97 Å². The summed E-state index contributed by atoms with van der Waals surface area (Å²) in [5.74, 6) is 0.570. The van der Waals surface area contributed by atoms with Crippen LogP contribution in [0.5, 0.6) is 0 Å². The van der Waals surface area contributed by atoms with Crippen LogP contribution >= 0.6 is 11.8 Å². The summed E-state index contributed by atoms with van der Waals surface area (Å²) in [7, 11) is 0. The molecule has 5 nitrogen and oxygen atoms in total. The zero-order valence-corrected chi connectivity index (χ0v) is 11.4. The van der Waals surface area contributed by atoms with E-state index in [0.29, 0.717) is 11.5 Å². The van der Waals surface area contributed by atoms with Crippen molar-refractivity contribution in [2.45, 2.75) is 6.42 Å². The van der Waals surface area contributed by atoms with E-state index in [4.69, 9.17) is 5.11 Å². The maximum absolute atomic E-state index is 11.1. The van der Waals surface area contributed by atoms with Crippen molar-refractivity contribution < 1.29 is 9.90 Å². The number of anilines is 1. The molecule has 19 heavy (non-hydrogen) atoms. The van der Waals surface area contributed by atoms with E-state index in [1.54, 1.807) is 36.2 Å². The van der Waals surface area contributed by atoms with Gasteiger partial charge in [0.15, 0.2) is 0 Å². The van der Waals surface area contributed by atoms with Gasteiger partial charge < -0.3 is 10.4 Å². The molecule has 0 aliphatic rings. The van der Waals surface area contributed by atoms with E-state index >= 15 is 0 Å². The number of aromatic carboxylic acids is 1. The van der Waals surface area contributed by atoms with Crippen molar-refractivity contribution in [3.05, 3.63) is 30.0 Å². The molecule has 1 heterocycles. The predicted octanol–water partition coefficient (Wildman–Crippen LogP) is 2.49. The summed E-state index contributed by atoms with van der Waals surface area (Å²) in [5, 5.41) is 13.0. The molecule has 0 amide bonds. The summed E-state index contributed by atoms with van der Waals surface area (Å²) < 4.78 is 0. The molecular formula is C13H15N3O2S. The van der Waals surface area contributed by atoms with E-state index in [0.717, 1.165) is 24.1 Å². The molecule has 0 atom stereocenters. The second-order valence-corrected chi connectivity index (χ2v) is 5.00. The minimum absolute atomic E-state index is 0.201. The average molecular weight is 277 g/mol. The first-order chi connectivity index (χ1) is 9.22. The number of carboxylic acid groups (broad SMARTS) is 1. The second-order valence-electron chi connectivity index (χ2n) is 4.02. The van der Waals surface area contributed by atoms with Gasteiger partial charge in [-0.2, -0.15) is 11.8 Å². The van der Waals surface area contributed by atoms with Crippen LogP contribution in [0.15, 0.2) is 24.4 Å². The van der Waals surface area contributed by atoms with E-state index in [9.17, 15) is 4.79 Å². The third-order valence-electron chi connectivity index (χ3n) is 2.65. The average Bonchev–Trinajstić information content (AvgIpc) is 2.42. The summed E-state index contributed by atoms with van der Waals surface area (Å²) in [6.07, 6.45) is 4.72. The van der Waals surface area contributed by atoms with Crippen molar-refractivity contribution >= 4 is 34.6 Å². The Morgan fingerprint density at radius 1 is 1.47 bits per heavy atom. The van der Waals surface area contributed by atoms with E-state index in [-0.39, 0.29) is 5.56 Å². The molecule has 100 valence electrons. The first kappa shape index (κ1) is 13.6. The number of benzene rings is 1. The number of aromatic nitrogens is 2. The van der Waals surface area contributed by atoms with Crippen molar-refractivity contribution in [3.8, 4) is 0 Å². The van der Waals surface area contributed by atoms with Gasteiger partial charge in [-0.05, 0) is 24.5 Å². The molecule has 2 aromatic rings. The highest BCUT2D eigenvalue weighted by molar-refractivity contribution is 7.98. The fourth-order valence-electron chi connectivity index (χ4n) is 1.73. The van der Waals surface area contributed by atoms with E-state index in [1.165, 1.54) is 0 Å². The Morgan fingerprint density at radius 3 is 3.05 bits per heavy atom. The topological polar surface area (TPSA) is 75.1 Å². The molecule has 1 aromatic carbocycles. The summed E-state index contributed by atoms with van der Waals surface area (Å²) in [6.45, 7) is 0.779. The van der Waals surface area contributed by atoms with Crippen molar-refractivity contribution in [1.29, 1.82) is 0 Å². The minimum atomic E-state index is -0.974. The Bertz CT molecular complexity index is 589. The molecule has 0 spiro atoms. The molecular weight excluding hydrogens is 262 g/mol. The van der Waals surface area contributed by atoms with Gasteiger partial charge in [0.25, 0.3) is 0 Å². The second kappa shape index (κ2) is 6.38. The Hall–Kier alpha value is -1.82. The molecule has 0 saturated carbocycles. The smallest absolute Gasteiger partial charge is 0.337 e. The Balaban J connectivity index is 2.23. The number of para-hydroxylation sites is 1. The number of thioether (sulfide) groups is 1. The number of nitrogens with zero attached hydrogens (tertiary/aromatic N) is 2. The molecule has 0 fully saturated rings. The van der Waals surface area contributed by atoms with Crippen LogP contribution in [-0.4, -0.2) is 39.6 Å².